The molecule has 2 atom stereocenters. The Bertz CT molecular complexity index is 240. The van der Waals surface area contributed by atoms with E-state index in [-0.39, 0.29) is 5.91 Å². The highest BCUT2D eigenvalue weighted by atomic mass is 16.1. The van der Waals surface area contributed by atoms with Gasteiger partial charge in [-0.1, -0.05) is 6.42 Å². The smallest absolute Gasteiger partial charge is 0.221 e. The third kappa shape index (κ3) is 3.46. The van der Waals surface area contributed by atoms with Gasteiger partial charge in [-0.25, -0.2) is 0 Å². The molecule has 2 rings (SSSR count). The molecule has 4 N–H and O–H groups in total. The molecule has 0 bridgehead atoms. The van der Waals surface area contributed by atoms with Crippen LogP contribution in [0.2, 0.25) is 0 Å². The van der Waals surface area contributed by atoms with Crippen molar-refractivity contribution < 1.29 is 4.79 Å². The Morgan fingerprint density at radius 3 is 2.75 bits per heavy atom. The van der Waals surface area contributed by atoms with E-state index in [0.29, 0.717) is 24.4 Å². The molecule has 0 heterocycles. The average Bonchev–Trinajstić information content (AvgIpc) is 2.96. The molecule has 0 spiro atoms. The summed E-state index contributed by atoms with van der Waals surface area (Å²) in [6.45, 7) is 1.56. The van der Waals surface area contributed by atoms with Crippen molar-refractivity contribution in [1.29, 1.82) is 0 Å². The second kappa shape index (κ2) is 5.64. The molecule has 4 nitrogen and oxygen atoms in total. The number of hydrogen-bond donors (Lipinski definition) is 3. The van der Waals surface area contributed by atoms with Crippen LogP contribution in [0, 0.1) is 5.92 Å². The van der Waals surface area contributed by atoms with Gasteiger partial charge in [0, 0.05) is 25.0 Å². The van der Waals surface area contributed by atoms with Crippen LogP contribution in [-0.2, 0) is 4.79 Å². The Labute approximate surface area is 97.3 Å². The summed E-state index contributed by atoms with van der Waals surface area (Å²) >= 11 is 0. The van der Waals surface area contributed by atoms with Crippen LogP contribution in [0.5, 0.6) is 0 Å². The summed E-state index contributed by atoms with van der Waals surface area (Å²) < 4.78 is 0. The fourth-order valence-corrected chi connectivity index (χ4v) is 2.49. The van der Waals surface area contributed by atoms with Crippen LogP contribution in [0.4, 0.5) is 0 Å². The lowest BCUT2D eigenvalue weighted by Crippen LogP contribution is -2.38. The van der Waals surface area contributed by atoms with Gasteiger partial charge in [0.2, 0.25) is 5.91 Å². The van der Waals surface area contributed by atoms with E-state index in [1.807, 2.05) is 0 Å². The summed E-state index contributed by atoms with van der Waals surface area (Å²) in [6, 6.07) is 1.02. The molecule has 2 aliphatic rings. The maximum Gasteiger partial charge on any atom is 0.221 e. The van der Waals surface area contributed by atoms with Crippen LogP contribution < -0.4 is 16.4 Å². The highest BCUT2D eigenvalue weighted by molar-refractivity contribution is 5.76. The third-order valence-corrected chi connectivity index (χ3v) is 3.66. The minimum atomic E-state index is 0.192. The Morgan fingerprint density at radius 1 is 1.25 bits per heavy atom. The number of rotatable bonds is 6. The fraction of sp³-hybridized carbons (Fsp3) is 0.917. The fourth-order valence-electron chi connectivity index (χ4n) is 2.49. The van der Waals surface area contributed by atoms with Crippen molar-refractivity contribution in [2.24, 2.45) is 11.7 Å². The van der Waals surface area contributed by atoms with E-state index in [1.165, 1.54) is 19.3 Å². The van der Waals surface area contributed by atoms with Gasteiger partial charge in [0.1, 0.15) is 0 Å². The van der Waals surface area contributed by atoms with E-state index < -0.39 is 0 Å². The summed E-state index contributed by atoms with van der Waals surface area (Å²) in [4.78, 5) is 11.4. The first-order valence-electron chi connectivity index (χ1n) is 6.52. The van der Waals surface area contributed by atoms with Crippen molar-refractivity contribution in [3.05, 3.63) is 0 Å². The Kier molecular flexibility index (Phi) is 4.18. The molecule has 0 aromatic heterocycles. The molecule has 16 heavy (non-hydrogen) atoms. The molecule has 0 aromatic rings. The SMILES string of the molecule is NCC1CCCC1NCCC(=O)NC1CC1. The van der Waals surface area contributed by atoms with Crippen molar-refractivity contribution in [2.75, 3.05) is 13.1 Å². The van der Waals surface area contributed by atoms with Crippen LogP contribution in [0.25, 0.3) is 0 Å². The third-order valence-electron chi connectivity index (χ3n) is 3.66. The number of nitrogens with one attached hydrogen (secondary N) is 2. The van der Waals surface area contributed by atoms with Crippen molar-refractivity contribution in [2.45, 2.75) is 50.6 Å². The second-order valence-electron chi connectivity index (χ2n) is 5.08. The van der Waals surface area contributed by atoms with E-state index in [9.17, 15) is 4.79 Å². The first-order valence-corrected chi connectivity index (χ1v) is 6.52. The Balaban J connectivity index is 1.57. The summed E-state index contributed by atoms with van der Waals surface area (Å²) in [5.41, 5.74) is 5.71. The van der Waals surface area contributed by atoms with Gasteiger partial charge in [0.05, 0.1) is 0 Å². The molecule has 92 valence electrons. The first-order chi connectivity index (χ1) is 7.79. The van der Waals surface area contributed by atoms with E-state index >= 15 is 0 Å². The van der Waals surface area contributed by atoms with Crippen LogP contribution in [-0.4, -0.2) is 31.1 Å². The summed E-state index contributed by atoms with van der Waals surface area (Å²) in [5.74, 6) is 0.809. The second-order valence-corrected chi connectivity index (χ2v) is 5.08. The lowest BCUT2D eigenvalue weighted by Gasteiger charge is -2.19. The number of carbonyl (C=O) groups is 1. The quantitative estimate of drug-likeness (QED) is 0.612. The van der Waals surface area contributed by atoms with Gasteiger partial charge in [-0.3, -0.25) is 4.79 Å². The number of amides is 1. The average molecular weight is 225 g/mol. The van der Waals surface area contributed by atoms with Crippen molar-refractivity contribution in [3.63, 3.8) is 0 Å². The van der Waals surface area contributed by atoms with Crippen molar-refractivity contribution in [1.82, 2.24) is 10.6 Å². The van der Waals surface area contributed by atoms with E-state index in [4.69, 9.17) is 5.73 Å². The van der Waals surface area contributed by atoms with Crippen molar-refractivity contribution in [3.8, 4) is 0 Å². The number of hydrogen-bond acceptors (Lipinski definition) is 3. The molecule has 0 aromatic carbocycles. The minimum Gasteiger partial charge on any atom is -0.353 e. The molecule has 0 saturated heterocycles. The predicted octanol–water partition coefficient (Wildman–Crippen LogP) is 0.372. The molecule has 2 unspecified atom stereocenters. The molecule has 0 radical (unpaired) electrons. The zero-order valence-corrected chi connectivity index (χ0v) is 9.87. The molecular formula is C12H23N3O. The maximum atomic E-state index is 11.4. The molecule has 2 aliphatic carbocycles. The standard InChI is InChI=1S/C12H23N3O/c13-8-9-2-1-3-11(9)14-7-6-12(16)15-10-4-5-10/h9-11,14H,1-8,13H2,(H,15,16). The van der Waals surface area contributed by atoms with Gasteiger partial charge < -0.3 is 16.4 Å². The highest BCUT2D eigenvalue weighted by Gasteiger charge is 2.26. The number of carbonyl (C=O) groups excluding carboxylic acids is 1. The monoisotopic (exact) mass is 225 g/mol. The lowest BCUT2D eigenvalue weighted by atomic mass is 10.0. The van der Waals surface area contributed by atoms with Gasteiger partial charge in [-0.05, 0) is 38.1 Å². The molecule has 1 amide bonds. The van der Waals surface area contributed by atoms with Gasteiger partial charge >= 0.3 is 0 Å². The summed E-state index contributed by atoms with van der Waals surface area (Å²) in [5, 5.41) is 6.47. The molecule has 4 heteroatoms. The van der Waals surface area contributed by atoms with Crippen LogP contribution in [0.3, 0.4) is 0 Å². The van der Waals surface area contributed by atoms with Gasteiger partial charge in [-0.15, -0.1) is 0 Å². The highest BCUT2D eigenvalue weighted by Crippen LogP contribution is 2.24. The van der Waals surface area contributed by atoms with Crippen LogP contribution >= 0.6 is 0 Å². The molecular weight excluding hydrogens is 202 g/mol. The van der Waals surface area contributed by atoms with E-state index in [1.54, 1.807) is 0 Å². The molecule has 0 aliphatic heterocycles. The van der Waals surface area contributed by atoms with E-state index in [2.05, 4.69) is 10.6 Å². The summed E-state index contributed by atoms with van der Waals surface area (Å²) in [6.07, 6.45) is 6.65. The zero-order chi connectivity index (χ0) is 11.4. The topological polar surface area (TPSA) is 67.1 Å². The maximum absolute atomic E-state index is 11.4. The molecule has 2 saturated carbocycles. The first kappa shape index (κ1) is 11.9. The molecule has 2 fully saturated rings. The zero-order valence-electron chi connectivity index (χ0n) is 9.87. The van der Waals surface area contributed by atoms with Gasteiger partial charge in [0.25, 0.3) is 0 Å². The Morgan fingerprint density at radius 2 is 2.06 bits per heavy atom. The lowest BCUT2D eigenvalue weighted by molar-refractivity contribution is -0.121. The van der Waals surface area contributed by atoms with Crippen LogP contribution in [0.1, 0.15) is 38.5 Å². The normalized spacial score (nSPS) is 29.3. The van der Waals surface area contributed by atoms with E-state index in [0.717, 1.165) is 25.9 Å². The van der Waals surface area contributed by atoms with Gasteiger partial charge in [0.15, 0.2) is 0 Å². The Hall–Kier alpha value is -0.610. The van der Waals surface area contributed by atoms with Gasteiger partial charge in [-0.2, -0.15) is 0 Å². The number of nitrogens with two attached hydrogens (primary N) is 1. The largest absolute Gasteiger partial charge is 0.353 e. The minimum absolute atomic E-state index is 0.192. The summed E-state index contributed by atoms with van der Waals surface area (Å²) in [7, 11) is 0. The predicted molar refractivity (Wildman–Crippen MR) is 64.0 cm³/mol. The van der Waals surface area contributed by atoms with Crippen molar-refractivity contribution >= 4 is 5.91 Å². The van der Waals surface area contributed by atoms with Crippen LogP contribution in [0.15, 0.2) is 0 Å².